The molecule has 0 amide bonds. The number of hydrogen-bond donors (Lipinski definition) is 0. The van der Waals surface area contributed by atoms with E-state index < -0.39 is 0 Å². The molecule has 2 nitrogen and oxygen atoms in total. The summed E-state index contributed by atoms with van der Waals surface area (Å²) >= 11 is 5.98. The van der Waals surface area contributed by atoms with E-state index in [1.54, 1.807) is 18.2 Å². The number of aryl methyl sites for hydroxylation is 1. The monoisotopic (exact) mass is 327 g/mol. The van der Waals surface area contributed by atoms with Gasteiger partial charge in [0.15, 0.2) is 0 Å². The number of ether oxygens (including phenoxy) is 1. The zero-order valence-electron chi connectivity index (χ0n) is 12.6. The minimum absolute atomic E-state index is 0.298. The van der Waals surface area contributed by atoms with Crippen LogP contribution in [0.2, 0.25) is 5.15 Å². The van der Waals surface area contributed by atoms with Gasteiger partial charge < -0.3 is 4.74 Å². The number of rotatable bonds is 4. The third-order valence-corrected chi connectivity index (χ3v) is 3.65. The molecule has 0 aliphatic rings. The fourth-order valence-corrected chi connectivity index (χ4v) is 2.43. The Bertz CT molecular complexity index is 821. The summed E-state index contributed by atoms with van der Waals surface area (Å²) < 4.78 is 20.1. The van der Waals surface area contributed by atoms with Crippen LogP contribution in [-0.2, 0) is 6.61 Å². The Morgan fingerprint density at radius 2 is 1.83 bits per heavy atom. The highest BCUT2D eigenvalue weighted by atomic mass is 35.5. The highest BCUT2D eigenvalue weighted by Gasteiger charge is 2.14. The molecule has 1 heterocycles. The molecule has 0 aliphatic carbocycles. The zero-order valence-corrected chi connectivity index (χ0v) is 13.3. The second kappa shape index (κ2) is 6.80. The molecule has 3 rings (SSSR count). The molecule has 0 unspecified atom stereocenters. The van der Waals surface area contributed by atoms with E-state index in [9.17, 15) is 4.39 Å². The first kappa shape index (κ1) is 15.5. The Balaban J connectivity index is 1.95. The van der Waals surface area contributed by atoms with Gasteiger partial charge in [0, 0.05) is 5.56 Å². The lowest BCUT2D eigenvalue weighted by Gasteiger charge is -2.12. The predicted octanol–water partition coefficient (Wildman–Crippen LogP) is 5.43. The van der Waals surface area contributed by atoms with Crippen LogP contribution in [0.3, 0.4) is 0 Å². The van der Waals surface area contributed by atoms with Crippen LogP contribution in [0.4, 0.5) is 4.39 Å². The lowest BCUT2D eigenvalue weighted by Crippen LogP contribution is -1.99. The molecule has 0 N–H and O–H groups in total. The number of halogens is 2. The van der Waals surface area contributed by atoms with Crippen LogP contribution in [0.1, 0.15) is 11.1 Å². The summed E-state index contributed by atoms with van der Waals surface area (Å²) in [4.78, 5) is 4.25. The number of aromatic nitrogens is 1. The first-order valence-electron chi connectivity index (χ1n) is 7.23. The van der Waals surface area contributed by atoms with Gasteiger partial charge in [-0.1, -0.05) is 48.0 Å². The van der Waals surface area contributed by atoms with Gasteiger partial charge in [-0.15, -0.1) is 0 Å². The molecule has 0 saturated heterocycles. The van der Waals surface area contributed by atoms with Gasteiger partial charge in [-0.05, 0) is 42.3 Å². The lowest BCUT2D eigenvalue weighted by atomic mass is 10.1. The van der Waals surface area contributed by atoms with E-state index in [4.69, 9.17) is 16.3 Å². The Morgan fingerprint density at radius 1 is 1.04 bits per heavy atom. The van der Waals surface area contributed by atoms with Crippen molar-refractivity contribution in [1.29, 1.82) is 0 Å². The van der Waals surface area contributed by atoms with Crippen molar-refractivity contribution in [3.63, 3.8) is 0 Å². The van der Waals surface area contributed by atoms with Crippen molar-refractivity contribution in [3.8, 4) is 17.0 Å². The SMILES string of the molecule is Cc1ccc(-c2nc(Cl)ccc2OCc2ccccc2)c(F)c1. The van der Waals surface area contributed by atoms with Gasteiger partial charge in [0.1, 0.15) is 29.0 Å². The maximum Gasteiger partial charge on any atom is 0.146 e. The van der Waals surface area contributed by atoms with Gasteiger partial charge >= 0.3 is 0 Å². The fourth-order valence-electron chi connectivity index (χ4n) is 2.28. The zero-order chi connectivity index (χ0) is 16.2. The molecule has 23 heavy (non-hydrogen) atoms. The molecular weight excluding hydrogens is 313 g/mol. The second-order valence-electron chi connectivity index (χ2n) is 5.24. The largest absolute Gasteiger partial charge is 0.487 e. The van der Waals surface area contributed by atoms with Gasteiger partial charge in [0.05, 0.1) is 0 Å². The number of pyridine rings is 1. The molecule has 2 aromatic carbocycles. The standard InChI is InChI=1S/C19H15ClFNO/c1-13-7-8-15(16(21)11-13)19-17(9-10-18(20)22-19)23-12-14-5-3-2-4-6-14/h2-11H,12H2,1H3. The van der Waals surface area contributed by atoms with Crippen molar-refractivity contribution in [2.75, 3.05) is 0 Å². The van der Waals surface area contributed by atoms with Gasteiger partial charge in [-0.3, -0.25) is 0 Å². The average Bonchev–Trinajstić information content (AvgIpc) is 2.55. The van der Waals surface area contributed by atoms with Crippen molar-refractivity contribution in [3.05, 3.63) is 82.8 Å². The van der Waals surface area contributed by atoms with E-state index in [1.807, 2.05) is 43.3 Å². The molecule has 0 fully saturated rings. The van der Waals surface area contributed by atoms with Crippen molar-refractivity contribution in [1.82, 2.24) is 4.98 Å². The van der Waals surface area contributed by atoms with Gasteiger partial charge in [-0.2, -0.15) is 0 Å². The average molecular weight is 328 g/mol. The van der Waals surface area contributed by atoms with Gasteiger partial charge in [0.25, 0.3) is 0 Å². The van der Waals surface area contributed by atoms with E-state index in [0.717, 1.165) is 11.1 Å². The third-order valence-electron chi connectivity index (χ3n) is 3.44. The maximum atomic E-state index is 14.3. The number of benzene rings is 2. The van der Waals surface area contributed by atoms with Crippen molar-refractivity contribution < 1.29 is 9.13 Å². The molecular formula is C19H15ClFNO. The summed E-state index contributed by atoms with van der Waals surface area (Å²) in [6.07, 6.45) is 0. The number of nitrogens with zero attached hydrogens (tertiary/aromatic N) is 1. The molecule has 3 aromatic rings. The van der Waals surface area contributed by atoms with E-state index in [0.29, 0.717) is 28.8 Å². The number of hydrogen-bond acceptors (Lipinski definition) is 2. The first-order valence-corrected chi connectivity index (χ1v) is 7.61. The molecule has 1 aromatic heterocycles. The van der Waals surface area contributed by atoms with Gasteiger partial charge in [0.2, 0.25) is 0 Å². The summed E-state index contributed by atoms with van der Waals surface area (Å²) in [5, 5.41) is 0.298. The lowest BCUT2D eigenvalue weighted by molar-refractivity contribution is 0.306. The minimum atomic E-state index is -0.343. The first-order chi connectivity index (χ1) is 11.1. The molecule has 4 heteroatoms. The maximum absolute atomic E-state index is 14.3. The van der Waals surface area contributed by atoms with Crippen LogP contribution in [-0.4, -0.2) is 4.98 Å². The molecule has 0 spiro atoms. The second-order valence-corrected chi connectivity index (χ2v) is 5.63. The molecule has 0 bridgehead atoms. The Hall–Kier alpha value is -2.39. The van der Waals surface area contributed by atoms with Crippen LogP contribution >= 0.6 is 11.6 Å². The molecule has 0 saturated carbocycles. The van der Waals surface area contributed by atoms with Crippen molar-refractivity contribution in [2.45, 2.75) is 13.5 Å². The highest BCUT2D eigenvalue weighted by Crippen LogP contribution is 2.32. The van der Waals surface area contributed by atoms with E-state index >= 15 is 0 Å². The minimum Gasteiger partial charge on any atom is -0.487 e. The van der Waals surface area contributed by atoms with Crippen LogP contribution < -0.4 is 4.74 Å². The van der Waals surface area contributed by atoms with Crippen LogP contribution in [0.15, 0.2) is 60.7 Å². The van der Waals surface area contributed by atoms with Crippen molar-refractivity contribution >= 4 is 11.6 Å². The highest BCUT2D eigenvalue weighted by molar-refractivity contribution is 6.29. The Morgan fingerprint density at radius 3 is 2.57 bits per heavy atom. The fraction of sp³-hybridized carbons (Fsp3) is 0.105. The smallest absolute Gasteiger partial charge is 0.146 e. The quantitative estimate of drug-likeness (QED) is 0.596. The molecule has 0 atom stereocenters. The Kier molecular flexibility index (Phi) is 4.58. The molecule has 0 aliphatic heterocycles. The summed E-state index contributed by atoms with van der Waals surface area (Å²) in [6.45, 7) is 2.22. The molecule has 0 radical (unpaired) electrons. The summed E-state index contributed by atoms with van der Waals surface area (Å²) in [5.74, 6) is 0.158. The van der Waals surface area contributed by atoms with Gasteiger partial charge in [-0.25, -0.2) is 9.37 Å². The van der Waals surface area contributed by atoms with Crippen LogP contribution in [0, 0.1) is 12.7 Å². The van der Waals surface area contributed by atoms with Crippen molar-refractivity contribution in [2.24, 2.45) is 0 Å². The van der Waals surface area contributed by atoms with E-state index in [1.165, 1.54) is 6.07 Å². The van der Waals surface area contributed by atoms with Crippen LogP contribution in [0.5, 0.6) is 5.75 Å². The summed E-state index contributed by atoms with van der Waals surface area (Å²) in [5.41, 5.74) is 2.66. The van der Waals surface area contributed by atoms with E-state index in [2.05, 4.69) is 4.98 Å². The van der Waals surface area contributed by atoms with E-state index in [-0.39, 0.29) is 5.82 Å². The Labute approximate surface area is 139 Å². The topological polar surface area (TPSA) is 22.1 Å². The predicted molar refractivity (Wildman–Crippen MR) is 90.2 cm³/mol. The normalized spacial score (nSPS) is 10.6. The third kappa shape index (κ3) is 3.69. The molecule has 116 valence electrons. The summed E-state index contributed by atoms with van der Waals surface area (Å²) in [7, 11) is 0. The van der Waals surface area contributed by atoms with Crippen LogP contribution in [0.25, 0.3) is 11.3 Å². The summed E-state index contributed by atoms with van der Waals surface area (Å²) in [6, 6.07) is 18.1.